The van der Waals surface area contributed by atoms with E-state index in [9.17, 15) is 4.79 Å². The fraction of sp³-hybridized carbons (Fsp3) is 0.300. The van der Waals surface area contributed by atoms with Crippen molar-refractivity contribution >= 4 is 41.5 Å². The summed E-state index contributed by atoms with van der Waals surface area (Å²) >= 11 is 0. The Balaban J connectivity index is 0.00000338. The van der Waals surface area contributed by atoms with E-state index in [-0.39, 0.29) is 36.4 Å². The zero-order valence-corrected chi connectivity index (χ0v) is 17.8. The SMILES string of the molecule is CN=C(NCC(=O)Nc1ccccc1)NCC(C)c1cccc(C)c1.I. The monoisotopic (exact) mass is 466 g/mol. The Kier molecular flexibility index (Phi) is 9.72. The molecule has 0 aromatic heterocycles. The normalized spacial score (nSPS) is 11.9. The summed E-state index contributed by atoms with van der Waals surface area (Å²) < 4.78 is 0. The lowest BCUT2D eigenvalue weighted by Gasteiger charge is -2.16. The number of hydrogen-bond donors (Lipinski definition) is 3. The standard InChI is InChI=1S/C20H26N4O.HI/c1-15-8-7-9-17(12-15)16(2)13-22-20(21-3)23-14-19(25)24-18-10-5-4-6-11-18;/h4-12,16H,13-14H2,1-3H3,(H,24,25)(H2,21,22,23);1H. The molecule has 0 saturated carbocycles. The molecule has 0 aliphatic rings. The maximum absolute atomic E-state index is 12.0. The van der Waals surface area contributed by atoms with Crippen molar-refractivity contribution in [1.29, 1.82) is 0 Å². The summed E-state index contributed by atoms with van der Waals surface area (Å²) in [6.07, 6.45) is 0. The number of carbonyl (C=O) groups excluding carboxylic acids is 1. The first-order chi connectivity index (χ1) is 12.1. The van der Waals surface area contributed by atoms with Crippen LogP contribution in [0.2, 0.25) is 0 Å². The van der Waals surface area contributed by atoms with Crippen LogP contribution >= 0.6 is 24.0 Å². The Labute approximate surface area is 172 Å². The van der Waals surface area contributed by atoms with Crippen LogP contribution in [0, 0.1) is 6.92 Å². The molecule has 5 nitrogen and oxygen atoms in total. The van der Waals surface area contributed by atoms with Crippen molar-refractivity contribution in [2.45, 2.75) is 19.8 Å². The van der Waals surface area contributed by atoms with Crippen LogP contribution in [0.4, 0.5) is 5.69 Å². The van der Waals surface area contributed by atoms with Gasteiger partial charge >= 0.3 is 0 Å². The molecule has 0 fully saturated rings. The molecule has 1 amide bonds. The first-order valence-electron chi connectivity index (χ1n) is 8.44. The van der Waals surface area contributed by atoms with E-state index in [1.165, 1.54) is 11.1 Å². The summed E-state index contributed by atoms with van der Waals surface area (Å²) in [5.74, 6) is 0.847. The minimum Gasteiger partial charge on any atom is -0.356 e. The van der Waals surface area contributed by atoms with Crippen LogP contribution in [-0.2, 0) is 4.79 Å². The van der Waals surface area contributed by atoms with Gasteiger partial charge in [-0.25, -0.2) is 0 Å². The van der Waals surface area contributed by atoms with Crippen LogP contribution in [0.15, 0.2) is 59.6 Å². The molecule has 1 atom stereocenters. The van der Waals surface area contributed by atoms with Gasteiger partial charge in [-0.1, -0.05) is 55.0 Å². The van der Waals surface area contributed by atoms with Gasteiger partial charge in [-0.2, -0.15) is 0 Å². The number of anilines is 1. The third-order valence-corrected chi connectivity index (χ3v) is 3.88. The molecule has 0 aliphatic heterocycles. The predicted molar refractivity (Wildman–Crippen MR) is 119 cm³/mol. The molecule has 0 spiro atoms. The summed E-state index contributed by atoms with van der Waals surface area (Å²) in [7, 11) is 1.70. The number of aryl methyl sites for hydroxylation is 1. The molecule has 2 aromatic carbocycles. The second kappa shape index (κ2) is 11.5. The first-order valence-corrected chi connectivity index (χ1v) is 8.44. The van der Waals surface area contributed by atoms with Gasteiger partial charge in [0.2, 0.25) is 5.91 Å². The van der Waals surface area contributed by atoms with Gasteiger partial charge in [0.15, 0.2) is 5.96 Å². The third-order valence-electron chi connectivity index (χ3n) is 3.88. The smallest absolute Gasteiger partial charge is 0.243 e. The molecule has 0 aliphatic carbocycles. The number of nitrogens with one attached hydrogen (secondary N) is 3. The highest BCUT2D eigenvalue weighted by Crippen LogP contribution is 2.15. The Hall–Kier alpha value is -2.09. The van der Waals surface area contributed by atoms with E-state index in [2.05, 4.69) is 59.1 Å². The van der Waals surface area contributed by atoms with Gasteiger partial charge in [0, 0.05) is 19.3 Å². The largest absolute Gasteiger partial charge is 0.356 e. The van der Waals surface area contributed by atoms with Gasteiger partial charge in [0.25, 0.3) is 0 Å². The molecule has 0 radical (unpaired) electrons. The number of benzene rings is 2. The van der Waals surface area contributed by atoms with Gasteiger partial charge in [-0.05, 0) is 30.5 Å². The molecule has 6 heteroatoms. The van der Waals surface area contributed by atoms with E-state index in [0.29, 0.717) is 11.9 Å². The number of guanidine groups is 1. The molecule has 1 unspecified atom stereocenters. The lowest BCUT2D eigenvalue weighted by molar-refractivity contribution is -0.115. The number of carbonyl (C=O) groups is 1. The number of rotatable bonds is 6. The van der Waals surface area contributed by atoms with Crippen LogP contribution in [-0.4, -0.2) is 32.0 Å². The lowest BCUT2D eigenvalue weighted by atomic mass is 9.99. The fourth-order valence-corrected chi connectivity index (χ4v) is 2.46. The number of nitrogens with zero attached hydrogens (tertiary/aromatic N) is 1. The molecular weight excluding hydrogens is 439 g/mol. The molecule has 0 heterocycles. The van der Waals surface area contributed by atoms with Crippen LogP contribution in [0.5, 0.6) is 0 Å². The second-order valence-electron chi connectivity index (χ2n) is 6.04. The van der Waals surface area contributed by atoms with E-state index in [1.807, 2.05) is 30.3 Å². The highest BCUT2D eigenvalue weighted by atomic mass is 127. The minimum absolute atomic E-state index is 0. The number of aliphatic imine (C=N–C) groups is 1. The molecule has 2 aromatic rings. The Bertz CT molecular complexity index is 719. The maximum Gasteiger partial charge on any atom is 0.243 e. The molecule has 0 saturated heterocycles. The Morgan fingerprint density at radius 1 is 1.08 bits per heavy atom. The van der Waals surface area contributed by atoms with E-state index in [1.54, 1.807) is 7.05 Å². The van der Waals surface area contributed by atoms with Crippen LogP contribution in [0.25, 0.3) is 0 Å². The first kappa shape index (κ1) is 22.0. The summed E-state index contributed by atoms with van der Waals surface area (Å²) in [6, 6.07) is 17.9. The van der Waals surface area contributed by atoms with E-state index >= 15 is 0 Å². The third kappa shape index (κ3) is 7.43. The molecule has 0 bridgehead atoms. The quantitative estimate of drug-likeness (QED) is 0.347. The van der Waals surface area contributed by atoms with Crippen molar-refractivity contribution in [2.75, 3.05) is 25.5 Å². The van der Waals surface area contributed by atoms with Gasteiger partial charge < -0.3 is 16.0 Å². The fourth-order valence-electron chi connectivity index (χ4n) is 2.46. The predicted octanol–water partition coefficient (Wildman–Crippen LogP) is 3.52. The Morgan fingerprint density at radius 2 is 1.81 bits per heavy atom. The minimum atomic E-state index is -0.110. The summed E-state index contributed by atoms with van der Waals surface area (Å²) in [6.45, 7) is 5.16. The van der Waals surface area contributed by atoms with E-state index < -0.39 is 0 Å². The van der Waals surface area contributed by atoms with E-state index in [4.69, 9.17) is 0 Å². The summed E-state index contributed by atoms with van der Waals surface area (Å²) in [4.78, 5) is 16.1. The van der Waals surface area contributed by atoms with Crippen molar-refractivity contribution in [1.82, 2.24) is 10.6 Å². The molecule has 140 valence electrons. The zero-order chi connectivity index (χ0) is 18.1. The molecule has 26 heavy (non-hydrogen) atoms. The highest BCUT2D eigenvalue weighted by molar-refractivity contribution is 14.0. The molecule has 3 N–H and O–H groups in total. The van der Waals surface area contributed by atoms with Gasteiger partial charge in [-0.15, -0.1) is 24.0 Å². The lowest BCUT2D eigenvalue weighted by Crippen LogP contribution is -2.42. The number of para-hydroxylation sites is 1. The number of amides is 1. The van der Waals surface area contributed by atoms with Crippen molar-refractivity contribution in [2.24, 2.45) is 4.99 Å². The van der Waals surface area contributed by atoms with Crippen molar-refractivity contribution in [3.05, 3.63) is 65.7 Å². The van der Waals surface area contributed by atoms with Crippen LogP contribution < -0.4 is 16.0 Å². The van der Waals surface area contributed by atoms with Gasteiger partial charge in [0.1, 0.15) is 0 Å². The summed E-state index contributed by atoms with van der Waals surface area (Å²) in [5.41, 5.74) is 3.32. The molecular formula is C20H27IN4O. The van der Waals surface area contributed by atoms with Crippen LogP contribution in [0.1, 0.15) is 24.0 Å². The van der Waals surface area contributed by atoms with Gasteiger partial charge in [-0.3, -0.25) is 9.79 Å². The highest BCUT2D eigenvalue weighted by Gasteiger charge is 2.08. The van der Waals surface area contributed by atoms with Crippen LogP contribution in [0.3, 0.4) is 0 Å². The van der Waals surface area contributed by atoms with Crippen molar-refractivity contribution < 1.29 is 4.79 Å². The average Bonchev–Trinajstić information content (AvgIpc) is 2.62. The number of halogens is 1. The van der Waals surface area contributed by atoms with Gasteiger partial charge in [0.05, 0.1) is 6.54 Å². The summed E-state index contributed by atoms with van der Waals surface area (Å²) in [5, 5.41) is 9.13. The maximum atomic E-state index is 12.0. The second-order valence-corrected chi connectivity index (χ2v) is 6.04. The van der Waals surface area contributed by atoms with Crippen molar-refractivity contribution in [3.8, 4) is 0 Å². The zero-order valence-electron chi connectivity index (χ0n) is 15.5. The van der Waals surface area contributed by atoms with E-state index in [0.717, 1.165) is 12.2 Å². The Morgan fingerprint density at radius 3 is 2.46 bits per heavy atom. The topological polar surface area (TPSA) is 65.5 Å². The average molecular weight is 466 g/mol. The van der Waals surface area contributed by atoms with Crippen molar-refractivity contribution in [3.63, 3.8) is 0 Å². The molecule has 2 rings (SSSR count). The number of hydrogen-bond acceptors (Lipinski definition) is 2.